The Bertz CT molecular complexity index is 796. The summed E-state index contributed by atoms with van der Waals surface area (Å²) in [5.74, 6) is -0.591. The second-order valence-corrected chi connectivity index (χ2v) is 6.00. The summed E-state index contributed by atoms with van der Waals surface area (Å²) in [4.78, 5) is 0.00727. The van der Waals surface area contributed by atoms with Crippen LogP contribution in [0.4, 0.5) is 15.8 Å². The molecule has 0 amide bonds. The fourth-order valence-corrected chi connectivity index (χ4v) is 2.78. The molecule has 0 saturated carbocycles. The molecule has 0 radical (unpaired) electrons. The van der Waals surface area contributed by atoms with Crippen molar-refractivity contribution in [2.75, 3.05) is 10.5 Å². The first kappa shape index (κ1) is 14.8. The topological polar surface area (TPSA) is 96.0 Å². The molecule has 2 aromatic carbocycles. The summed E-state index contributed by atoms with van der Waals surface area (Å²) >= 11 is 0. The van der Waals surface area contributed by atoms with Gasteiger partial charge in [-0.15, -0.1) is 0 Å². The molecule has 7 heteroatoms. The Labute approximate surface area is 121 Å². The van der Waals surface area contributed by atoms with Crippen molar-refractivity contribution in [1.82, 2.24) is 0 Å². The highest BCUT2D eigenvalue weighted by Gasteiger charge is 2.15. The molecule has 0 aliphatic heterocycles. The molecule has 3 N–H and O–H groups in total. The Kier molecular flexibility index (Phi) is 4.10. The zero-order valence-corrected chi connectivity index (χ0v) is 11.7. The maximum absolute atomic E-state index is 13.1. The predicted octanol–water partition coefficient (Wildman–Crippen LogP) is 2.27. The van der Waals surface area contributed by atoms with E-state index in [-0.39, 0.29) is 22.7 Å². The zero-order chi connectivity index (χ0) is 15.5. The van der Waals surface area contributed by atoms with Crippen molar-refractivity contribution < 1.29 is 12.8 Å². The number of hydrogen-bond donors (Lipinski definition) is 2. The minimum absolute atomic E-state index is 0.00727. The Balaban J connectivity index is 2.30. The molecule has 0 aliphatic rings. The van der Waals surface area contributed by atoms with Crippen LogP contribution >= 0.6 is 0 Å². The molecule has 108 valence electrons. The lowest BCUT2D eigenvalue weighted by molar-refractivity contribution is 0.601. The van der Waals surface area contributed by atoms with Gasteiger partial charge in [-0.25, -0.2) is 12.8 Å². The summed E-state index contributed by atoms with van der Waals surface area (Å²) in [5.41, 5.74) is 6.43. The third-order valence-electron chi connectivity index (χ3n) is 2.78. The minimum atomic E-state index is -3.86. The molecule has 0 saturated heterocycles. The number of hydrogen-bond acceptors (Lipinski definition) is 4. The summed E-state index contributed by atoms with van der Waals surface area (Å²) in [6.45, 7) is 0. The fourth-order valence-electron chi connectivity index (χ4n) is 1.70. The lowest BCUT2D eigenvalue weighted by Gasteiger charge is -2.10. The van der Waals surface area contributed by atoms with Crippen molar-refractivity contribution in [3.05, 3.63) is 53.8 Å². The summed E-state index contributed by atoms with van der Waals surface area (Å²) in [5, 5.41) is 8.57. The van der Waals surface area contributed by atoms with Crippen LogP contribution in [-0.4, -0.2) is 8.42 Å². The molecule has 21 heavy (non-hydrogen) atoms. The van der Waals surface area contributed by atoms with Gasteiger partial charge >= 0.3 is 0 Å². The average molecular weight is 305 g/mol. The van der Waals surface area contributed by atoms with Crippen LogP contribution in [0.1, 0.15) is 5.56 Å². The monoisotopic (exact) mass is 305 g/mol. The Morgan fingerprint density at radius 2 is 1.86 bits per heavy atom. The van der Waals surface area contributed by atoms with Gasteiger partial charge in [0.15, 0.2) is 0 Å². The highest BCUT2D eigenvalue weighted by molar-refractivity contribution is 7.92. The van der Waals surface area contributed by atoms with Crippen LogP contribution in [0.3, 0.4) is 0 Å². The second kappa shape index (κ2) is 5.81. The van der Waals surface area contributed by atoms with Crippen molar-refractivity contribution in [3.63, 3.8) is 0 Å². The van der Waals surface area contributed by atoms with Crippen LogP contribution in [0.5, 0.6) is 0 Å². The van der Waals surface area contributed by atoms with Crippen molar-refractivity contribution in [3.8, 4) is 6.07 Å². The summed E-state index contributed by atoms with van der Waals surface area (Å²) in [7, 11) is -3.86. The molecule has 2 aromatic rings. The Hall–Kier alpha value is -2.59. The summed E-state index contributed by atoms with van der Waals surface area (Å²) in [6.07, 6.45) is 0.199. The first-order valence-electron chi connectivity index (χ1n) is 5.96. The number of anilines is 2. The lowest BCUT2D eigenvalue weighted by Crippen LogP contribution is -2.14. The van der Waals surface area contributed by atoms with E-state index in [9.17, 15) is 12.8 Å². The third kappa shape index (κ3) is 3.49. The van der Waals surface area contributed by atoms with Crippen LogP contribution in [0, 0.1) is 17.1 Å². The van der Waals surface area contributed by atoms with Crippen molar-refractivity contribution >= 4 is 21.4 Å². The van der Waals surface area contributed by atoms with E-state index in [1.165, 1.54) is 18.2 Å². The van der Waals surface area contributed by atoms with Gasteiger partial charge in [-0.05, 0) is 29.8 Å². The molecule has 0 unspecified atom stereocenters. The van der Waals surface area contributed by atoms with Gasteiger partial charge in [0.1, 0.15) is 5.82 Å². The second-order valence-electron chi connectivity index (χ2n) is 4.32. The van der Waals surface area contributed by atoms with Gasteiger partial charge in [0, 0.05) is 6.07 Å². The number of nitrogens with one attached hydrogen (secondary N) is 1. The number of nitriles is 1. The highest BCUT2D eigenvalue weighted by Crippen LogP contribution is 2.23. The molecule has 0 fully saturated rings. The van der Waals surface area contributed by atoms with Crippen LogP contribution in [0.15, 0.2) is 47.4 Å². The summed E-state index contributed by atoms with van der Waals surface area (Å²) < 4.78 is 39.7. The zero-order valence-electron chi connectivity index (χ0n) is 10.9. The van der Waals surface area contributed by atoms with Crippen molar-refractivity contribution in [2.24, 2.45) is 0 Å². The molecule has 2 rings (SSSR count). The molecular weight excluding hydrogens is 293 g/mol. The standard InChI is InChI=1S/C14H12FN3O2S/c15-11-3-6-13(17)14(9-11)18-21(19,20)12-4-1-10(2-5-12)7-8-16/h1-6,9,18H,7,17H2. The van der Waals surface area contributed by atoms with Gasteiger partial charge in [0.2, 0.25) is 0 Å². The number of halogens is 1. The Morgan fingerprint density at radius 1 is 1.19 bits per heavy atom. The van der Waals surface area contributed by atoms with Crippen LogP contribution in [0.2, 0.25) is 0 Å². The summed E-state index contributed by atoms with van der Waals surface area (Å²) in [6, 6.07) is 11.3. The van der Waals surface area contributed by atoms with E-state index in [1.807, 2.05) is 6.07 Å². The number of rotatable bonds is 4. The number of benzene rings is 2. The lowest BCUT2D eigenvalue weighted by atomic mass is 10.2. The van der Waals surface area contributed by atoms with Gasteiger partial charge in [0.05, 0.1) is 28.8 Å². The minimum Gasteiger partial charge on any atom is -0.397 e. The highest BCUT2D eigenvalue weighted by atomic mass is 32.2. The third-order valence-corrected chi connectivity index (χ3v) is 4.16. The SMILES string of the molecule is N#CCc1ccc(S(=O)(=O)Nc2cc(F)ccc2N)cc1. The van der Waals surface area contributed by atoms with E-state index in [0.717, 1.165) is 12.1 Å². The number of sulfonamides is 1. The average Bonchev–Trinajstić information content (AvgIpc) is 2.44. The van der Waals surface area contributed by atoms with Crippen LogP contribution < -0.4 is 10.5 Å². The molecule has 5 nitrogen and oxygen atoms in total. The number of nitrogens with two attached hydrogens (primary N) is 1. The molecule has 0 atom stereocenters. The normalized spacial score (nSPS) is 10.9. The predicted molar refractivity (Wildman–Crippen MR) is 77.4 cm³/mol. The maximum Gasteiger partial charge on any atom is 0.261 e. The first-order valence-corrected chi connectivity index (χ1v) is 7.44. The van der Waals surface area contributed by atoms with Crippen LogP contribution in [-0.2, 0) is 16.4 Å². The molecule has 0 spiro atoms. The number of nitrogens with zero attached hydrogens (tertiary/aromatic N) is 1. The van der Waals surface area contributed by atoms with E-state index in [2.05, 4.69) is 4.72 Å². The van der Waals surface area contributed by atoms with E-state index in [1.54, 1.807) is 12.1 Å². The van der Waals surface area contributed by atoms with Crippen molar-refractivity contribution in [2.45, 2.75) is 11.3 Å². The first-order chi connectivity index (χ1) is 9.92. The number of nitrogen functional groups attached to an aromatic ring is 1. The van der Waals surface area contributed by atoms with E-state index in [0.29, 0.717) is 5.56 Å². The fraction of sp³-hybridized carbons (Fsp3) is 0.0714. The molecular formula is C14H12FN3O2S. The smallest absolute Gasteiger partial charge is 0.261 e. The van der Waals surface area contributed by atoms with Gasteiger partial charge in [-0.1, -0.05) is 12.1 Å². The van der Waals surface area contributed by atoms with Crippen LogP contribution in [0.25, 0.3) is 0 Å². The molecule has 0 aliphatic carbocycles. The van der Waals surface area contributed by atoms with E-state index in [4.69, 9.17) is 11.0 Å². The molecule has 0 bridgehead atoms. The van der Waals surface area contributed by atoms with Gasteiger partial charge in [0.25, 0.3) is 10.0 Å². The van der Waals surface area contributed by atoms with E-state index < -0.39 is 15.8 Å². The van der Waals surface area contributed by atoms with Gasteiger partial charge in [-0.3, -0.25) is 4.72 Å². The van der Waals surface area contributed by atoms with Crippen molar-refractivity contribution in [1.29, 1.82) is 5.26 Å². The van der Waals surface area contributed by atoms with Gasteiger partial charge in [-0.2, -0.15) is 5.26 Å². The van der Waals surface area contributed by atoms with Gasteiger partial charge < -0.3 is 5.73 Å². The quantitative estimate of drug-likeness (QED) is 0.847. The Morgan fingerprint density at radius 3 is 2.48 bits per heavy atom. The molecule has 0 heterocycles. The maximum atomic E-state index is 13.1. The van der Waals surface area contributed by atoms with E-state index >= 15 is 0 Å². The molecule has 0 aromatic heterocycles. The largest absolute Gasteiger partial charge is 0.397 e.